The van der Waals surface area contributed by atoms with E-state index in [9.17, 15) is 0 Å². The maximum atomic E-state index is 6.60. The number of hydrogen-bond donors (Lipinski definition) is 1. The number of nitrogens with zero attached hydrogens (tertiary/aromatic N) is 2. The Morgan fingerprint density at radius 1 is 0.531 bits per heavy atom. The molecule has 0 saturated heterocycles. The Hall–Kier alpha value is -5.71. The van der Waals surface area contributed by atoms with E-state index in [1.165, 1.54) is 80.0 Å². The van der Waals surface area contributed by atoms with E-state index < -0.39 is 0 Å². The van der Waals surface area contributed by atoms with Gasteiger partial charge in [0.1, 0.15) is 11.2 Å². The van der Waals surface area contributed by atoms with Crippen LogP contribution < -0.4 is 9.80 Å². The molecule has 0 unspecified atom stereocenters. The highest BCUT2D eigenvalue weighted by Gasteiger charge is 2.44. The third-order valence-electron chi connectivity index (χ3n) is 15.4. The van der Waals surface area contributed by atoms with Crippen LogP contribution in [0.3, 0.4) is 0 Å². The molecule has 0 N–H and O–H groups in total. The van der Waals surface area contributed by atoms with Crippen LogP contribution in [0.15, 0.2) is 137 Å². The monoisotopic (exact) mass is 856 g/mol. The molecule has 11 rings (SSSR count). The van der Waals surface area contributed by atoms with E-state index in [1.54, 1.807) is 0 Å². The van der Waals surface area contributed by atoms with Crippen molar-refractivity contribution < 1.29 is 4.42 Å². The zero-order valence-electron chi connectivity index (χ0n) is 39.2. The van der Waals surface area contributed by atoms with Gasteiger partial charge >= 0.3 is 0 Å². The number of para-hydroxylation sites is 1. The van der Waals surface area contributed by atoms with Crippen LogP contribution in [0.25, 0.3) is 33.1 Å². The normalized spacial score (nSPS) is 17.5. The molecule has 4 heteroatoms. The number of furan rings is 1. The van der Waals surface area contributed by atoms with Gasteiger partial charge in [-0.2, -0.15) is 0 Å². The summed E-state index contributed by atoms with van der Waals surface area (Å²) in [5.74, 6) is 0. The van der Waals surface area contributed by atoms with Gasteiger partial charge in [0.2, 0.25) is 0 Å². The van der Waals surface area contributed by atoms with Gasteiger partial charge in [-0.1, -0.05) is 128 Å². The third-order valence-corrected chi connectivity index (χ3v) is 15.7. The Kier molecular flexibility index (Phi) is 9.07. The molecule has 7 aromatic carbocycles. The molecule has 0 bridgehead atoms. The topological polar surface area (TPSA) is 19.6 Å². The van der Waals surface area contributed by atoms with Crippen molar-refractivity contribution in [3.05, 3.63) is 172 Å². The summed E-state index contributed by atoms with van der Waals surface area (Å²) in [6.07, 6.45) is 4.27. The maximum absolute atomic E-state index is 6.60. The van der Waals surface area contributed by atoms with E-state index in [0.717, 1.165) is 62.3 Å². The Morgan fingerprint density at radius 3 is 1.91 bits per heavy atom. The molecule has 3 nitrogen and oxygen atoms in total. The lowest BCUT2D eigenvalue weighted by atomic mass is 9.62. The van der Waals surface area contributed by atoms with Crippen molar-refractivity contribution in [3.63, 3.8) is 0 Å². The number of benzene rings is 7. The number of hydrogen-bond acceptors (Lipinski definition) is 4. The van der Waals surface area contributed by atoms with Gasteiger partial charge in [-0.25, -0.2) is 0 Å². The van der Waals surface area contributed by atoms with Crippen LogP contribution in [-0.4, -0.2) is 0 Å². The minimum absolute atomic E-state index is 0.0557. The smallest absolute Gasteiger partial charge is 0.137 e. The molecule has 2 aliphatic carbocycles. The summed E-state index contributed by atoms with van der Waals surface area (Å²) >= 11 is 5.38. The molecule has 1 aliphatic heterocycles. The fourth-order valence-corrected chi connectivity index (χ4v) is 12.5. The van der Waals surface area contributed by atoms with Gasteiger partial charge < -0.3 is 14.2 Å². The predicted octanol–water partition coefficient (Wildman–Crippen LogP) is 17.3. The van der Waals surface area contributed by atoms with E-state index in [2.05, 4.69) is 206 Å². The third kappa shape index (κ3) is 6.30. The Labute approximate surface area is 385 Å². The molecule has 0 saturated carbocycles. The second-order valence-corrected chi connectivity index (χ2v) is 22.4. The van der Waals surface area contributed by atoms with E-state index in [-0.39, 0.29) is 21.7 Å². The molecule has 1 aromatic heterocycles. The first-order chi connectivity index (χ1) is 30.4. The Bertz CT molecular complexity index is 3220. The first kappa shape index (κ1) is 41.0. The van der Waals surface area contributed by atoms with Crippen molar-refractivity contribution in [2.75, 3.05) is 9.80 Å². The largest absolute Gasteiger partial charge is 0.456 e. The van der Waals surface area contributed by atoms with Crippen LogP contribution in [0, 0.1) is 13.8 Å². The van der Waals surface area contributed by atoms with Gasteiger partial charge in [0.25, 0.3) is 0 Å². The number of anilines is 6. The molecule has 0 fully saturated rings. The first-order valence-electron chi connectivity index (χ1n) is 23.3. The van der Waals surface area contributed by atoms with Crippen molar-refractivity contribution in [1.29, 1.82) is 0 Å². The highest BCUT2D eigenvalue weighted by Crippen LogP contribution is 2.58. The van der Waals surface area contributed by atoms with Gasteiger partial charge in [-0.15, -0.1) is 12.6 Å². The molecule has 322 valence electrons. The molecule has 2 heterocycles. The average Bonchev–Trinajstić information content (AvgIpc) is 3.72. The molecule has 0 radical (unpaired) electrons. The summed E-state index contributed by atoms with van der Waals surface area (Å²) in [6, 6.07) is 47.5. The summed E-state index contributed by atoms with van der Waals surface area (Å²) < 4.78 is 6.60. The molecule has 3 aliphatic rings. The molecular formula is C60H60N2OS. The van der Waals surface area contributed by atoms with Crippen molar-refractivity contribution in [3.8, 4) is 11.1 Å². The van der Waals surface area contributed by atoms with Crippen LogP contribution in [0.1, 0.15) is 119 Å². The van der Waals surface area contributed by atoms with E-state index in [0.29, 0.717) is 0 Å². The van der Waals surface area contributed by atoms with Gasteiger partial charge in [-0.3, -0.25) is 0 Å². The Balaban J connectivity index is 1.22. The summed E-state index contributed by atoms with van der Waals surface area (Å²) in [6.45, 7) is 24.2. The van der Waals surface area contributed by atoms with Crippen LogP contribution in [0.4, 0.5) is 34.1 Å². The van der Waals surface area contributed by atoms with Crippen molar-refractivity contribution in [1.82, 2.24) is 0 Å². The first-order valence-corrected chi connectivity index (χ1v) is 23.7. The minimum Gasteiger partial charge on any atom is -0.456 e. The lowest BCUT2D eigenvalue weighted by Gasteiger charge is -2.45. The fraction of sp³-hybridized carbons (Fsp3) is 0.300. The summed E-state index contributed by atoms with van der Waals surface area (Å²) in [4.78, 5) is 6.06. The number of thiol groups is 1. The Morgan fingerprint density at radius 2 is 1.17 bits per heavy atom. The zero-order chi connectivity index (χ0) is 44.7. The van der Waals surface area contributed by atoms with Crippen molar-refractivity contribution in [2.24, 2.45) is 0 Å². The van der Waals surface area contributed by atoms with E-state index in [1.807, 2.05) is 0 Å². The fourth-order valence-electron chi connectivity index (χ4n) is 12.1. The zero-order valence-corrected chi connectivity index (χ0v) is 40.1. The van der Waals surface area contributed by atoms with E-state index in [4.69, 9.17) is 17.0 Å². The number of rotatable bonds is 5. The van der Waals surface area contributed by atoms with Crippen LogP contribution >= 0.6 is 12.6 Å². The van der Waals surface area contributed by atoms with Gasteiger partial charge in [-0.05, 0) is 159 Å². The van der Waals surface area contributed by atoms with Crippen LogP contribution in [-0.2, 0) is 28.1 Å². The molecule has 0 amide bonds. The predicted molar refractivity (Wildman–Crippen MR) is 274 cm³/mol. The molecule has 0 spiro atoms. The summed E-state index contributed by atoms with van der Waals surface area (Å²) in [5.41, 5.74) is 22.6. The SMILES string of the molecule is Cc1cc2c(c(N(c3ccc(-c4ccccc4)cc3S)c3cccc4oc5ccccc5c34)c1)Cc1cc3c(cc1N2c1cc2c(cc1C)C(C)(C)CC2(C)C)C(C)(C)CCC3(C)C. The highest BCUT2D eigenvalue weighted by atomic mass is 32.1. The molecule has 8 aromatic rings. The van der Waals surface area contributed by atoms with Gasteiger partial charge in [0, 0.05) is 33.6 Å². The molecule has 0 atom stereocenters. The second-order valence-electron chi connectivity index (χ2n) is 21.9. The van der Waals surface area contributed by atoms with Crippen LogP contribution in [0.5, 0.6) is 0 Å². The lowest BCUT2D eigenvalue weighted by molar-refractivity contribution is 0.331. The summed E-state index contributed by atoms with van der Waals surface area (Å²) in [7, 11) is 0. The minimum atomic E-state index is 0.0557. The molecular weight excluding hydrogens is 797 g/mol. The van der Waals surface area contributed by atoms with Gasteiger partial charge in [0.05, 0.1) is 28.1 Å². The average molecular weight is 857 g/mol. The van der Waals surface area contributed by atoms with Crippen LogP contribution in [0.2, 0.25) is 0 Å². The van der Waals surface area contributed by atoms with Crippen molar-refractivity contribution in [2.45, 2.75) is 121 Å². The molecule has 64 heavy (non-hydrogen) atoms. The number of fused-ring (bicyclic) bond motifs is 7. The van der Waals surface area contributed by atoms with Crippen molar-refractivity contribution >= 4 is 68.7 Å². The second kappa shape index (κ2) is 14.1. The quantitative estimate of drug-likeness (QED) is 0.174. The standard InChI is InChI=1S/C60H60N2OS/c1-36-27-51(61(47-24-23-39(32-55(47)64)38-17-12-11-13-18-38)48-20-16-22-54-56(48)41-19-14-15-21-53(41)63-54)42-30-40-31-44-45(58(5,6)26-25-57(44,3)4)34-50(40)62(52(42)28-36)49-33-46-43(29-37(49)2)59(7,8)35-60(46,9)10/h11-24,27-29,31-34,64H,25-26,30,35H2,1-10H3. The van der Waals surface area contributed by atoms with E-state index >= 15 is 0 Å². The van der Waals surface area contributed by atoms with Gasteiger partial charge in [0.15, 0.2) is 0 Å². The maximum Gasteiger partial charge on any atom is 0.137 e. The summed E-state index contributed by atoms with van der Waals surface area (Å²) in [5, 5.41) is 2.20. The lowest BCUT2D eigenvalue weighted by Crippen LogP contribution is -2.35. The number of aryl methyl sites for hydroxylation is 2. The highest BCUT2D eigenvalue weighted by molar-refractivity contribution is 7.80.